The number of amides is 1. The first-order valence-corrected chi connectivity index (χ1v) is 10.3. The van der Waals surface area contributed by atoms with Crippen LogP contribution in [0.2, 0.25) is 5.02 Å². The van der Waals surface area contributed by atoms with Gasteiger partial charge in [-0.3, -0.25) is 14.9 Å². The number of carbonyl (C=O) groups is 1. The van der Waals surface area contributed by atoms with Crippen molar-refractivity contribution in [2.45, 2.75) is 12.5 Å². The summed E-state index contributed by atoms with van der Waals surface area (Å²) in [5.74, 6) is -0.168. The number of nitro groups is 1. The van der Waals surface area contributed by atoms with Gasteiger partial charge in [0.1, 0.15) is 0 Å². The number of hydrogen-bond donors (Lipinski definition) is 1. The molecule has 7 heteroatoms. The molecule has 31 heavy (non-hydrogen) atoms. The van der Waals surface area contributed by atoms with Crippen molar-refractivity contribution < 1.29 is 9.72 Å². The number of aromatic amines is 1. The lowest BCUT2D eigenvalue weighted by molar-refractivity contribution is -0.384. The highest BCUT2D eigenvalue weighted by Gasteiger charge is 2.35. The molecule has 1 N–H and O–H groups in total. The number of non-ortho nitro benzene ring substituents is 1. The number of H-pyrrole nitrogens is 1. The number of carbonyl (C=O) groups excluding carboxylic acids is 1. The molecule has 0 radical (unpaired) electrons. The monoisotopic (exact) mass is 431 g/mol. The molecule has 1 aromatic heterocycles. The SMILES string of the molecule is O=C(c1ccccc1Cl)N1CCc2c([nH]c3ccccc23)[C@H]1c1ccc([N+](=O)[O-])cc1. The van der Waals surface area contributed by atoms with Crippen molar-refractivity contribution in [3.8, 4) is 0 Å². The summed E-state index contributed by atoms with van der Waals surface area (Å²) in [6.07, 6.45) is 0.707. The van der Waals surface area contributed by atoms with E-state index in [0.29, 0.717) is 23.6 Å². The van der Waals surface area contributed by atoms with Crippen molar-refractivity contribution in [1.82, 2.24) is 9.88 Å². The highest BCUT2D eigenvalue weighted by atomic mass is 35.5. The topological polar surface area (TPSA) is 79.2 Å². The van der Waals surface area contributed by atoms with Gasteiger partial charge in [0.25, 0.3) is 11.6 Å². The molecule has 5 rings (SSSR count). The first-order chi connectivity index (χ1) is 15.0. The van der Waals surface area contributed by atoms with Crippen LogP contribution < -0.4 is 0 Å². The lowest BCUT2D eigenvalue weighted by Gasteiger charge is -2.36. The number of benzene rings is 3. The summed E-state index contributed by atoms with van der Waals surface area (Å²) in [4.78, 5) is 29.5. The van der Waals surface area contributed by atoms with E-state index in [1.807, 2.05) is 18.2 Å². The Kier molecular flexibility index (Phi) is 4.71. The van der Waals surface area contributed by atoms with Crippen LogP contribution in [-0.4, -0.2) is 27.3 Å². The minimum absolute atomic E-state index is 0.0143. The average molecular weight is 432 g/mol. The largest absolute Gasteiger partial charge is 0.356 e. The Labute approximate surface area is 183 Å². The molecule has 154 valence electrons. The van der Waals surface area contributed by atoms with Gasteiger partial charge in [-0.25, -0.2) is 0 Å². The van der Waals surface area contributed by atoms with E-state index in [9.17, 15) is 14.9 Å². The summed E-state index contributed by atoms with van der Waals surface area (Å²) in [7, 11) is 0. The molecule has 3 aromatic carbocycles. The number of nitrogens with one attached hydrogen (secondary N) is 1. The van der Waals surface area contributed by atoms with Gasteiger partial charge in [-0.05, 0) is 47.9 Å². The molecule has 0 saturated carbocycles. The number of rotatable bonds is 3. The molecular weight excluding hydrogens is 414 g/mol. The Morgan fingerprint density at radius 2 is 1.74 bits per heavy atom. The smallest absolute Gasteiger partial charge is 0.269 e. The minimum atomic E-state index is -0.425. The first kappa shape index (κ1) is 19.3. The van der Waals surface area contributed by atoms with Gasteiger partial charge in [-0.1, -0.05) is 41.9 Å². The van der Waals surface area contributed by atoms with Gasteiger partial charge in [-0.15, -0.1) is 0 Å². The second-order valence-corrected chi connectivity index (χ2v) is 7.95. The Balaban J connectivity index is 1.66. The van der Waals surface area contributed by atoms with Gasteiger partial charge in [0.15, 0.2) is 0 Å². The zero-order valence-corrected chi connectivity index (χ0v) is 17.2. The number of fused-ring (bicyclic) bond motifs is 3. The van der Waals surface area contributed by atoms with E-state index in [1.54, 1.807) is 41.3 Å². The number of nitro benzene ring substituents is 1. The van der Waals surface area contributed by atoms with Gasteiger partial charge in [0.2, 0.25) is 0 Å². The summed E-state index contributed by atoms with van der Waals surface area (Å²) in [6, 6.07) is 21.0. The third-order valence-electron chi connectivity index (χ3n) is 5.82. The Morgan fingerprint density at radius 1 is 1.03 bits per heavy atom. The van der Waals surface area contributed by atoms with Crippen LogP contribution in [0.15, 0.2) is 72.8 Å². The lowest BCUT2D eigenvalue weighted by Crippen LogP contribution is -2.40. The number of para-hydroxylation sites is 1. The summed E-state index contributed by atoms with van der Waals surface area (Å²) in [5.41, 5.74) is 4.37. The molecule has 0 bridgehead atoms. The predicted molar refractivity (Wildman–Crippen MR) is 119 cm³/mol. The van der Waals surface area contributed by atoms with E-state index in [4.69, 9.17) is 11.6 Å². The van der Waals surface area contributed by atoms with Gasteiger partial charge < -0.3 is 9.88 Å². The van der Waals surface area contributed by atoms with Crippen LogP contribution in [-0.2, 0) is 6.42 Å². The Hall–Kier alpha value is -3.64. The quantitative estimate of drug-likeness (QED) is 0.342. The summed E-state index contributed by atoms with van der Waals surface area (Å²) in [5, 5.41) is 12.7. The Morgan fingerprint density at radius 3 is 2.48 bits per heavy atom. The third kappa shape index (κ3) is 3.25. The van der Waals surface area contributed by atoms with Crippen molar-refractivity contribution in [3.05, 3.63) is 110 Å². The Bertz CT molecular complexity index is 1310. The van der Waals surface area contributed by atoms with Crippen LogP contribution in [0.5, 0.6) is 0 Å². The molecule has 1 atom stereocenters. The molecule has 0 saturated heterocycles. The lowest BCUT2D eigenvalue weighted by atomic mass is 9.91. The molecule has 0 fully saturated rings. The predicted octanol–water partition coefficient (Wildman–Crippen LogP) is 5.52. The number of aromatic nitrogens is 1. The molecule has 0 aliphatic carbocycles. The third-order valence-corrected chi connectivity index (χ3v) is 6.15. The molecule has 0 unspecified atom stereocenters. The van der Waals surface area contributed by atoms with E-state index >= 15 is 0 Å². The van der Waals surface area contributed by atoms with E-state index in [2.05, 4.69) is 11.1 Å². The summed E-state index contributed by atoms with van der Waals surface area (Å²) >= 11 is 6.32. The van der Waals surface area contributed by atoms with E-state index < -0.39 is 11.0 Å². The minimum Gasteiger partial charge on any atom is -0.356 e. The van der Waals surface area contributed by atoms with Crippen LogP contribution in [0.1, 0.15) is 33.2 Å². The maximum Gasteiger partial charge on any atom is 0.269 e. The van der Waals surface area contributed by atoms with Gasteiger partial charge in [-0.2, -0.15) is 0 Å². The van der Waals surface area contributed by atoms with E-state index in [0.717, 1.165) is 22.2 Å². The highest BCUT2D eigenvalue weighted by Crippen LogP contribution is 2.39. The second-order valence-electron chi connectivity index (χ2n) is 7.54. The fourth-order valence-corrected chi connectivity index (χ4v) is 4.59. The molecule has 1 aliphatic rings. The van der Waals surface area contributed by atoms with Crippen LogP contribution in [0.25, 0.3) is 10.9 Å². The van der Waals surface area contributed by atoms with Crippen molar-refractivity contribution >= 4 is 34.1 Å². The summed E-state index contributed by atoms with van der Waals surface area (Å²) in [6.45, 7) is 0.514. The van der Waals surface area contributed by atoms with E-state index in [1.165, 1.54) is 17.7 Å². The van der Waals surface area contributed by atoms with Crippen molar-refractivity contribution in [2.24, 2.45) is 0 Å². The number of nitrogens with zero attached hydrogens (tertiary/aromatic N) is 2. The van der Waals surface area contributed by atoms with Gasteiger partial charge in [0, 0.05) is 35.3 Å². The molecule has 6 nitrogen and oxygen atoms in total. The maximum atomic E-state index is 13.5. The molecule has 2 heterocycles. The highest BCUT2D eigenvalue weighted by molar-refractivity contribution is 6.33. The molecule has 4 aromatic rings. The molecule has 0 spiro atoms. The van der Waals surface area contributed by atoms with Gasteiger partial charge >= 0.3 is 0 Å². The van der Waals surface area contributed by atoms with Crippen molar-refractivity contribution in [3.63, 3.8) is 0 Å². The first-order valence-electron chi connectivity index (χ1n) is 9.94. The number of halogens is 1. The summed E-state index contributed by atoms with van der Waals surface area (Å²) < 4.78 is 0. The second kappa shape index (κ2) is 7.56. The number of hydrogen-bond acceptors (Lipinski definition) is 3. The van der Waals surface area contributed by atoms with E-state index in [-0.39, 0.29) is 11.6 Å². The standard InChI is InChI=1S/C24H18ClN3O3/c25-20-7-3-1-6-19(20)24(29)27-14-13-18-17-5-2-4-8-21(17)26-22(18)23(27)15-9-11-16(12-10-15)28(30)31/h1-12,23,26H,13-14H2/t23-/m1/s1. The fraction of sp³-hybridized carbons (Fsp3) is 0.125. The van der Waals surface area contributed by atoms with Crippen molar-refractivity contribution in [1.29, 1.82) is 0 Å². The average Bonchev–Trinajstić information content (AvgIpc) is 3.17. The van der Waals surface area contributed by atoms with Crippen LogP contribution in [0, 0.1) is 10.1 Å². The fourth-order valence-electron chi connectivity index (χ4n) is 4.37. The zero-order valence-electron chi connectivity index (χ0n) is 16.4. The maximum absolute atomic E-state index is 13.5. The molecular formula is C24H18ClN3O3. The zero-order chi connectivity index (χ0) is 21.5. The van der Waals surface area contributed by atoms with Crippen LogP contribution in [0.3, 0.4) is 0 Å². The molecule has 1 amide bonds. The van der Waals surface area contributed by atoms with Crippen LogP contribution in [0.4, 0.5) is 5.69 Å². The van der Waals surface area contributed by atoms with Gasteiger partial charge in [0.05, 0.1) is 21.6 Å². The molecule has 1 aliphatic heterocycles. The van der Waals surface area contributed by atoms with Crippen molar-refractivity contribution in [2.75, 3.05) is 6.54 Å². The van der Waals surface area contributed by atoms with Crippen LogP contribution >= 0.6 is 11.6 Å². The normalized spacial score (nSPS) is 15.6.